The Morgan fingerprint density at radius 2 is 2.08 bits per heavy atom. The molecule has 2 unspecified atom stereocenters. The lowest BCUT2D eigenvalue weighted by Gasteiger charge is -2.12. The molecule has 5 rings (SSSR count). The fourth-order valence-electron chi connectivity index (χ4n) is 3.55. The summed E-state index contributed by atoms with van der Waals surface area (Å²) in [5, 5.41) is 15.0. The zero-order valence-corrected chi connectivity index (χ0v) is 19.7. The third kappa shape index (κ3) is 4.76. The van der Waals surface area contributed by atoms with Crippen LogP contribution in [0.15, 0.2) is 53.7 Å². The number of aromatic nitrogens is 4. The summed E-state index contributed by atoms with van der Waals surface area (Å²) in [4.78, 5) is 8.30. The molecule has 4 heterocycles. The first-order chi connectivity index (χ1) is 17.3. The highest BCUT2D eigenvalue weighted by atomic mass is 32.2. The second-order valence-electron chi connectivity index (χ2n) is 7.94. The Bertz CT molecular complexity index is 1540. The van der Waals surface area contributed by atoms with Gasteiger partial charge < -0.3 is 14.6 Å². The average Bonchev–Trinajstić information content (AvgIpc) is 3.48. The number of nitrogens with zero attached hydrogens (tertiary/aromatic N) is 4. The van der Waals surface area contributed by atoms with Crippen LogP contribution in [0, 0.1) is 23.5 Å². The van der Waals surface area contributed by atoms with Gasteiger partial charge in [0.15, 0.2) is 22.2 Å². The molecule has 2 atom stereocenters. The van der Waals surface area contributed by atoms with Crippen molar-refractivity contribution >= 4 is 22.3 Å². The molecule has 1 saturated heterocycles. The third-order valence-electron chi connectivity index (χ3n) is 5.42. The minimum absolute atomic E-state index is 0.122. The molecule has 9 nitrogen and oxygen atoms in total. The van der Waals surface area contributed by atoms with E-state index in [1.54, 1.807) is 24.4 Å². The van der Waals surface area contributed by atoms with Crippen LogP contribution >= 0.6 is 0 Å². The molecule has 1 aliphatic rings. The molecule has 3 aromatic heterocycles. The van der Waals surface area contributed by atoms with Crippen molar-refractivity contribution < 1.29 is 27.6 Å². The SMILES string of the molecule is COc1ncc(-c2ccc3ncc(C#CC4(O)CCOC4)n3n2)cc1NS(=O)c1ccc(F)cc1F. The molecular formula is C24H19F2N5O4S. The number of ether oxygens (including phenoxy) is 2. The molecule has 36 heavy (non-hydrogen) atoms. The first-order valence-electron chi connectivity index (χ1n) is 10.7. The summed E-state index contributed by atoms with van der Waals surface area (Å²) in [6.07, 6.45) is 3.49. The van der Waals surface area contributed by atoms with Gasteiger partial charge in [-0.15, -0.1) is 0 Å². The van der Waals surface area contributed by atoms with Crippen molar-refractivity contribution in [3.8, 4) is 29.0 Å². The second kappa shape index (κ2) is 9.62. The van der Waals surface area contributed by atoms with Gasteiger partial charge >= 0.3 is 0 Å². The number of fused-ring (bicyclic) bond motifs is 1. The molecule has 12 heteroatoms. The van der Waals surface area contributed by atoms with Gasteiger partial charge in [0.05, 0.1) is 37.1 Å². The Balaban J connectivity index is 1.47. The van der Waals surface area contributed by atoms with Crippen LogP contribution < -0.4 is 9.46 Å². The van der Waals surface area contributed by atoms with E-state index in [2.05, 4.69) is 31.6 Å². The van der Waals surface area contributed by atoms with Crippen molar-refractivity contribution in [3.63, 3.8) is 0 Å². The number of pyridine rings is 1. The predicted molar refractivity (Wildman–Crippen MR) is 126 cm³/mol. The quantitative estimate of drug-likeness (QED) is 0.397. The number of methoxy groups -OCH3 is 1. The first-order valence-corrected chi connectivity index (χ1v) is 11.9. The molecule has 0 aliphatic carbocycles. The topological polar surface area (TPSA) is 111 Å². The van der Waals surface area contributed by atoms with Gasteiger partial charge in [0.1, 0.15) is 23.0 Å². The third-order valence-corrected chi connectivity index (χ3v) is 6.56. The van der Waals surface area contributed by atoms with Crippen LogP contribution in [0.4, 0.5) is 14.5 Å². The molecule has 1 fully saturated rings. The molecule has 4 aromatic rings. The minimum atomic E-state index is -2.06. The van der Waals surface area contributed by atoms with Crippen LogP contribution in [-0.4, -0.2) is 54.8 Å². The Morgan fingerprint density at radius 3 is 2.83 bits per heavy atom. The number of imidazole rings is 1. The summed E-state index contributed by atoms with van der Waals surface area (Å²) >= 11 is 0. The maximum atomic E-state index is 14.1. The van der Waals surface area contributed by atoms with E-state index in [1.807, 2.05) is 0 Å². The number of aliphatic hydroxyl groups is 1. The summed E-state index contributed by atoms with van der Waals surface area (Å²) in [7, 11) is -0.670. The largest absolute Gasteiger partial charge is 0.480 e. The van der Waals surface area contributed by atoms with Gasteiger partial charge in [0, 0.05) is 24.2 Å². The number of benzene rings is 1. The Labute approximate surface area is 206 Å². The van der Waals surface area contributed by atoms with E-state index in [-0.39, 0.29) is 23.1 Å². The van der Waals surface area contributed by atoms with Gasteiger partial charge in [0.25, 0.3) is 0 Å². The normalized spacial score (nSPS) is 18.0. The van der Waals surface area contributed by atoms with E-state index in [0.29, 0.717) is 41.7 Å². The Kier molecular flexibility index (Phi) is 6.36. The lowest BCUT2D eigenvalue weighted by atomic mass is 10.1. The van der Waals surface area contributed by atoms with Crippen molar-refractivity contribution in [2.24, 2.45) is 0 Å². The van der Waals surface area contributed by atoms with E-state index < -0.39 is 28.2 Å². The second-order valence-corrected chi connectivity index (χ2v) is 9.12. The van der Waals surface area contributed by atoms with E-state index in [0.717, 1.165) is 12.1 Å². The standard InChI is InChI=1S/C24H19F2N5O4S/c1-34-23-20(30-36(33)21-4-2-16(25)11-18(21)26)10-15(12-28-23)19-3-5-22-27-13-17(31(22)29-19)6-7-24(32)8-9-35-14-24/h2-5,10-13,30,32H,8-9,14H2,1H3. The summed E-state index contributed by atoms with van der Waals surface area (Å²) in [5.41, 5.74) is 1.05. The number of halogens is 2. The Morgan fingerprint density at radius 1 is 1.22 bits per heavy atom. The zero-order chi connectivity index (χ0) is 25.3. The molecule has 184 valence electrons. The summed E-state index contributed by atoms with van der Waals surface area (Å²) in [6, 6.07) is 7.84. The number of hydrogen-bond donors (Lipinski definition) is 2. The number of nitrogens with one attached hydrogen (secondary N) is 1. The molecule has 0 spiro atoms. The van der Waals surface area contributed by atoms with E-state index in [4.69, 9.17) is 9.47 Å². The van der Waals surface area contributed by atoms with Crippen LogP contribution in [0.5, 0.6) is 5.88 Å². The van der Waals surface area contributed by atoms with E-state index in [1.165, 1.54) is 17.8 Å². The zero-order valence-electron chi connectivity index (χ0n) is 18.9. The minimum Gasteiger partial charge on any atom is -0.480 e. The smallest absolute Gasteiger partial charge is 0.238 e. The van der Waals surface area contributed by atoms with Crippen molar-refractivity contribution in [1.82, 2.24) is 19.6 Å². The van der Waals surface area contributed by atoms with Crippen molar-refractivity contribution in [2.45, 2.75) is 16.9 Å². The van der Waals surface area contributed by atoms with E-state index >= 15 is 0 Å². The predicted octanol–water partition coefficient (Wildman–Crippen LogP) is 2.72. The highest BCUT2D eigenvalue weighted by Crippen LogP contribution is 2.29. The summed E-state index contributed by atoms with van der Waals surface area (Å²) in [5.74, 6) is 4.16. The maximum absolute atomic E-state index is 14.1. The van der Waals surface area contributed by atoms with Crippen LogP contribution in [-0.2, 0) is 15.7 Å². The van der Waals surface area contributed by atoms with Gasteiger partial charge in [-0.25, -0.2) is 27.5 Å². The molecule has 1 aromatic carbocycles. The van der Waals surface area contributed by atoms with Gasteiger partial charge in [-0.05, 0) is 36.3 Å². The van der Waals surface area contributed by atoms with Crippen LogP contribution in [0.2, 0.25) is 0 Å². The van der Waals surface area contributed by atoms with Crippen molar-refractivity contribution in [2.75, 3.05) is 25.0 Å². The van der Waals surface area contributed by atoms with Gasteiger partial charge in [-0.1, -0.05) is 5.92 Å². The first kappa shape index (κ1) is 23.8. The number of rotatable bonds is 5. The lowest BCUT2D eigenvalue weighted by Crippen LogP contribution is -2.26. The van der Waals surface area contributed by atoms with Crippen LogP contribution in [0.3, 0.4) is 0 Å². The molecule has 0 radical (unpaired) electrons. The molecule has 0 bridgehead atoms. The summed E-state index contributed by atoms with van der Waals surface area (Å²) < 4.78 is 54.7. The number of hydrogen-bond acceptors (Lipinski definition) is 7. The van der Waals surface area contributed by atoms with Gasteiger partial charge in [-0.2, -0.15) is 5.10 Å². The Hall–Kier alpha value is -3.92. The number of anilines is 1. The highest BCUT2D eigenvalue weighted by Gasteiger charge is 2.30. The fourth-order valence-corrected chi connectivity index (χ4v) is 4.44. The van der Waals surface area contributed by atoms with Crippen molar-refractivity contribution in [1.29, 1.82) is 0 Å². The maximum Gasteiger partial charge on any atom is 0.238 e. The average molecular weight is 512 g/mol. The monoisotopic (exact) mass is 511 g/mol. The molecule has 2 N–H and O–H groups in total. The lowest BCUT2D eigenvalue weighted by molar-refractivity contribution is 0.0765. The molecule has 0 saturated carbocycles. The van der Waals surface area contributed by atoms with Crippen LogP contribution in [0.25, 0.3) is 16.9 Å². The molecule has 1 aliphatic heterocycles. The van der Waals surface area contributed by atoms with Crippen molar-refractivity contribution in [3.05, 3.63) is 66.1 Å². The molecule has 0 amide bonds. The molecular weight excluding hydrogens is 492 g/mol. The summed E-state index contributed by atoms with van der Waals surface area (Å²) in [6.45, 7) is 0.589. The van der Waals surface area contributed by atoms with E-state index in [9.17, 15) is 18.1 Å². The fraction of sp³-hybridized carbons (Fsp3) is 0.208. The van der Waals surface area contributed by atoms with Gasteiger partial charge in [0.2, 0.25) is 5.88 Å². The highest BCUT2D eigenvalue weighted by molar-refractivity contribution is 7.86. The van der Waals surface area contributed by atoms with Gasteiger partial charge in [-0.3, -0.25) is 4.72 Å². The van der Waals surface area contributed by atoms with Crippen LogP contribution in [0.1, 0.15) is 12.1 Å².